The van der Waals surface area contributed by atoms with Crippen LogP contribution in [0.2, 0.25) is 0 Å². The highest BCUT2D eigenvalue weighted by Crippen LogP contribution is 2.23. The fourth-order valence-electron chi connectivity index (χ4n) is 3.12. The molecule has 0 aromatic rings. The number of aliphatic carboxylic acids is 1. The molecule has 1 heterocycles. The minimum atomic E-state index is -0.792. The van der Waals surface area contributed by atoms with Gasteiger partial charge in [0.15, 0.2) is 0 Å². The molecule has 1 aliphatic heterocycles. The third-order valence-electron chi connectivity index (χ3n) is 4.54. The number of unbranched alkanes of at least 4 members (excludes halogenated alkanes) is 1. The van der Waals surface area contributed by atoms with Gasteiger partial charge in [-0.15, -0.1) is 0 Å². The van der Waals surface area contributed by atoms with Crippen LogP contribution in [-0.2, 0) is 4.79 Å². The highest BCUT2D eigenvalue weighted by atomic mass is 16.4. The number of nitrogens with zero attached hydrogens (tertiary/aromatic N) is 1. The lowest BCUT2D eigenvalue weighted by molar-refractivity contribution is -0.144. The predicted molar refractivity (Wildman–Crippen MR) is 82.9 cm³/mol. The molecule has 0 aromatic carbocycles. The number of nitrogens with one attached hydrogen (secondary N) is 1. The molecular formula is C16H32N2O2. The van der Waals surface area contributed by atoms with Crippen LogP contribution in [0.5, 0.6) is 0 Å². The zero-order valence-corrected chi connectivity index (χ0v) is 13.8. The third kappa shape index (κ3) is 5.06. The van der Waals surface area contributed by atoms with E-state index in [1.165, 1.54) is 13.1 Å². The van der Waals surface area contributed by atoms with Crippen molar-refractivity contribution in [2.24, 2.45) is 11.8 Å². The highest BCUT2D eigenvalue weighted by molar-refractivity contribution is 5.78. The second-order valence-corrected chi connectivity index (χ2v) is 7.11. The minimum absolute atomic E-state index is 0.191. The first-order chi connectivity index (χ1) is 9.24. The van der Waals surface area contributed by atoms with E-state index in [1.54, 1.807) is 6.92 Å². The van der Waals surface area contributed by atoms with Gasteiger partial charge in [0.2, 0.25) is 0 Å². The van der Waals surface area contributed by atoms with Crippen molar-refractivity contribution < 1.29 is 9.90 Å². The Bertz CT molecular complexity index is 310. The molecule has 1 fully saturated rings. The normalized spacial score (nSPS) is 26.9. The molecule has 0 spiro atoms. The van der Waals surface area contributed by atoms with Crippen LogP contribution in [0.1, 0.15) is 53.9 Å². The predicted octanol–water partition coefficient (Wildman–Crippen LogP) is 2.59. The van der Waals surface area contributed by atoms with Gasteiger partial charge in [-0.3, -0.25) is 10.1 Å². The van der Waals surface area contributed by atoms with E-state index in [-0.39, 0.29) is 6.04 Å². The van der Waals surface area contributed by atoms with Crippen molar-refractivity contribution in [3.8, 4) is 0 Å². The molecular weight excluding hydrogens is 252 g/mol. The third-order valence-corrected chi connectivity index (χ3v) is 4.54. The molecule has 118 valence electrons. The summed E-state index contributed by atoms with van der Waals surface area (Å²) in [5, 5.41) is 12.6. The average Bonchev–Trinajstić information content (AvgIpc) is 2.63. The standard InChI is InChI=1S/C16H32N2O2/c1-12(2)17-16(5,15(19)20)8-6-7-9-18-10-13(3)14(4)11-18/h12-14,17H,6-11H2,1-5H3,(H,19,20). The van der Waals surface area contributed by atoms with E-state index in [9.17, 15) is 9.90 Å². The first-order valence-corrected chi connectivity index (χ1v) is 7.98. The van der Waals surface area contributed by atoms with Crippen LogP contribution in [-0.4, -0.2) is 47.2 Å². The smallest absolute Gasteiger partial charge is 0.323 e. The first kappa shape index (κ1) is 17.4. The maximum atomic E-state index is 11.4. The Hall–Kier alpha value is -0.610. The van der Waals surface area contributed by atoms with Gasteiger partial charge < -0.3 is 10.0 Å². The molecule has 0 radical (unpaired) electrons. The molecule has 4 nitrogen and oxygen atoms in total. The fourth-order valence-corrected chi connectivity index (χ4v) is 3.12. The molecule has 0 aromatic heterocycles. The molecule has 0 bridgehead atoms. The van der Waals surface area contributed by atoms with Crippen molar-refractivity contribution >= 4 is 5.97 Å². The second-order valence-electron chi connectivity index (χ2n) is 7.11. The Balaban J connectivity index is 2.29. The van der Waals surface area contributed by atoms with E-state index in [0.29, 0.717) is 6.42 Å². The van der Waals surface area contributed by atoms with Crippen molar-refractivity contribution in [2.75, 3.05) is 19.6 Å². The summed E-state index contributed by atoms with van der Waals surface area (Å²) >= 11 is 0. The maximum Gasteiger partial charge on any atom is 0.323 e. The van der Waals surface area contributed by atoms with Gasteiger partial charge in [0.25, 0.3) is 0 Å². The lowest BCUT2D eigenvalue weighted by Crippen LogP contribution is -2.52. The van der Waals surface area contributed by atoms with E-state index in [1.807, 2.05) is 13.8 Å². The summed E-state index contributed by atoms with van der Waals surface area (Å²) in [7, 11) is 0. The molecule has 0 amide bonds. The molecule has 4 heteroatoms. The topological polar surface area (TPSA) is 52.6 Å². The first-order valence-electron chi connectivity index (χ1n) is 7.98. The van der Waals surface area contributed by atoms with Crippen molar-refractivity contribution in [1.82, 2.24) is 10.2 Å². The fraction of sp³-hybridized carbons (Fsp3) is 0.938. The zero-order valence-electron chi connectivity index (χ0n) is 13.8. The van der Waals surface area contributed by atoms with E-state index in [0.717, 1.165) is 31.2 Å². The Labute approximate surface area is 123 Å². The number of likely N-dealkylation sites (tertiary alicyclic amines) is 1. The molecule has 0 aliphatic carbocycles. The lowest BCUT2D eigenvalue weighted by Gasteiger charge is -2.29. The molecule has 3 unspecified atom stereocenters. The van der Waals surface area contributed by atoms with Crippen LogP contribution in [0, 0.1) is 11.8 Å². The quantitative estimate of drug-likeness (QED) is 0.673. The van der Waals surface area contributed by atoms with Gasteiger partial charge in [0.1, 0.15) is 5.54 Å². The van der Waals surface area contributed by atoms with Crippen LogP contribution >= 0.6 is 0 Å². The van der Waals surface area contributed by atoms with E-state index in [4.69, 9.17) is 0 Å². The van der Waals surface area contributed by atoms with Gasteiger partial charge in [-0.2, -0.15) is 0 Å². The average molecular weight is 284 g/mol. The number of hydrogen-bond acceptors (Lipinski definition) is 3. The van der Waals surface area contributed by atoms with E-state index < -0.39 is 11.5 Å². The Morgan fingerprint density at radius 1 is 1.30 bits per heavy atom. The van der Waals surface area contributed by atoms with E-state index >= 15 is 0 Å². The van der Waals surface area contributed by atoms with E-state index in [2.05, 4.69) is 24.1 Å². The van der Waals surface area contributed by atoms with Crippen LogP contribution < -0.4 is 5.32 Å². The van der Waals surface area contributed by atoms with Gasteiger partial charge in [-0.25, -0.2) is 0 Å². The molecule has 1 rings (SSSR count). The molecule has 1 aliphatic rings. The number of carbonyl (C=O) groups is 1. The van der Waals surface area contributed by atoms with Gasteiger partial charge >= 0.3 is 5.97 Å². The highest BCUT2D eigenvalue weighted by Gasteiger charge is 2.33. The molecule has 20 heavy (non-hydrogen) atoms. The van der Waals surface area contributed by atoms with Crippen molar-refractivity contribution in [3.05, 3.63) is 0 Å². The summed E-state index contributed by atoms with van der Waals surface area (Å²) in [5.41, 5.74) is -0.792. The summed E-state index contributed by atoms with van der Waals surface area (Å²) in [4.78, 5) is 13.9. The summed E-state index contributed by atoms with van der Waals surface area (Å²) in [5.74, 6) is 0.846. The summed E-state index contributed by atoms with van der Waals surface area (Å²) in [6.45, 7) is 13.9. The summed E-state index contributed by atoms with van der Waals surface area (Å²) < 4.78 is 0. The van der Waals surface area contributed by atoms with Crippen LogP contribution in [0.25, 0.3) is 0 Å². The molecule has 3 atom stereocenters. The zero-order chi connectivity index (χ0) is 15.3. The van der Waals surface area contributed by atoms with Crippen LogP contribution in [0.3, 0.4) is 0 Å². The van der Waals surface area contributed by atoms with Crippen LogP contribution in [0.4, 0.5) is 0 Å². The van der Waals surface area contributed by atoms with Gasteiger partial charge in [0.05, 0.1) is 0 Å². The SMILES string of the molecule is CC(C)NC(C)(CCCCN1CC(C)C(C)C1)C(=O)O. The molecule has 1 saturated heterocycles. The number of hydrogen-bond donors (Lipinski definition) is 2. The largest absolute Gasteiger partial charge is 0.480 e. The second kappa shape index (κ2) is 7.41. The minimum Gasteiger partial charge on any atom is -0.480 e. The van der Waals surface area contributed by atoms with Crippen molar-refractivity contribution in [1.29, 1.82) is 0 Å². The summed E-state index contributed by atoms with van der Waals surface area (Å²) in [6.07, 6.45) is 2.74. The molecule has 0 saturated carbocycles. The number of carboxylic acids is 1. The van der Waals surface area contributed by atoms with Gasteiger partial charge in [0, 0.05) is 19.1 Å². The Kier molecular flexibility index (Phi) is 6.46. The van der Waals surface area contributed by atoms with Gasteiger partial charge in [-0.1, -0.05) is 13.8 Å². The number of rotatable bonds is 8. The summed E-state index contributed by atoms with van der Waals surface area (Å²) in [6, 6.07) is 0.191. The van der Waals surface area contributed by atoms with Gasteiger partial charge in [-0.05, 0) is 58.4 Å². The molecule has 2 N–H and O–H groups in total. The number of carboxylic acid groups (broad SMARTS) is 1. The Morgan fingerprint density at radius 3 is 2.30 bits per heavy atom. The van der Waals surface area contributed by atoms with Crippen LogP contribution in [0.15, 0.2) is 0 Å². The Morgan fingerprint density at radius 2 is 1.85 bits per heavy atom. The monoisotopic (exact) mass is 284 g/mol. The van der Waals surface area contributed by atoms with Crippen molar-refractivity contribution in [3.63, 3.8) is 0 Å². The lowest BCUT2D eigenvalue weighted by atomic mass is 9.94. The van der Waals surface area contributed by atoms with Crippen molar-refractivity contribution in [2.45, 2.75) is 65.5 Å². The maximum absolute atomic E-state index is 11.4.